The summed E-state index contributed by atoms with van der Waals surface area (Å²) >= 11 is 0. The summed E-state index contributed by atoms with van der Waals surface area (Å²) in [4.78, 5) is 19.3. The topological polar surface area (TPSA) is 91.5 Å². The number of amides is 1. The average Bonchev–Trinajstić information content (AvgIpc) is 2.90. The molecule has 4 aromatic rings. The number of rotatable bonds is 5. The van der Waals surface area contributed by atoms with Crippen molar-refractivity contribution in [2.45, 2.75) is 39.3 Å². The van der Waals surface area contributed by atoms with Gasteiger partial charge in [0.1, 0.15) is 17.7 Å². The van der Waals surface area contributed by atoms with E-state index in [0.717, 1.165) is 50.4 Å². The Balaban J connectivity index is 1.41. The number of halogens is 1. The van der Waals surface area contributed by atoms with Crippen molar-refractivity contribution in [3.8, 4) is 0 Å². The molecule has 1 heterocycles. The van der Waals surface area contributed by atoms with Gasteiger partial charge in [-0.3, -0.25) is 4.79 Å². The van der Waals surface area contributed by atoms with Crippen molar-refractivity contribution in [3.05, 3.63) is 117 Å². The number of hydrogen-bond acceptors (Lipinski definition) is 5. The van der Waals surface area contributed by atoms with Crippen LogP contribution in [0.1, 0.15) is 68.4 Å². The van der Waals surface area contributed by atoms with Gasteiger partial charge < -0.3 is 21.1 Å². The van der Waals surface area contributed by atoms with E-state index in [-0.39, 0.29) is 17.6 Å². The van der Waals surface area contributed by atoms with Crippen molar-refractivity contribution in [2.24, 2.45) is 0 Å². The fourth-order valence-corrected chi connectivity index (χ4v) is 5.33. The zero-order valence-electron chi connectivity index (χ0n) is 21.9. The van der Waals surface area contributed by atoms with Gasteiger partial charge in [-0.1, -0.05) is 25.1 Å². The number of carbonyl (C=O) groups is 1. The highest BCUT2D eigenvalue weighted by atomic mass is 19.1. The Morgan fingerprint density at radius 2 is 1.68 bits per heavy atom. The molecule has 3 aromatic carbocycles. The molecule has 0 saturated heterocycles. The van der Waals surface area contributed by atoms with Gasteiger partial charge in [0.25, 0.3) is 5.91 Å². The molecular formula is C31H31FN4O2. The standard InChI is InChI=1S/C31H31FN4O2/c1-17-12-29(33)35-19(3)28(17)16-34-31(38)20-8-10-24-26(13-20)18(2)27-15-23(9-11-25(27)30(24)37)36(4)22-7-5-6-21(32)14-22/h5-15,18,30,37H,16H2,1-4H3,(H2,33,35)(H,34,38)/t18-,30+/m0/s1. The van der Waals surface area contributed by atoms with Gasteiger partial charge >= 0.3 is 0 Å². The highest BCUT2D eigenvalue weighted by molar-refractivity contribution is 5.94. The minimum atomic E-state index is -0.798. The number of nitrogens with zero attached hydrogens (tertiary/aromatic N) is 2. The molecule has 38 heavy (non-hydrogen) atoms. The Morgan fingerprint density at radius 3 is 2.39 bits per heavy atom. The van der Waals surface area contributed by atoms with Crippen LogP contribution < -0.4 is 16.0 Å². The molecule has 0 saturated carbocycles. The zero-order chi connectivity index (χ0) is 27.1. The van der Waals surface area contributed by atoms with Crippen LogP contribution in [0.4, 0.5) is 21.6 Å². The Bertz CT molecular complexity index is 1530. The van der Waals surface area contributed by atoms with E-state index < -0.39 is 6.10 Å². The SMILES string of the molecule is Cc1cc(N)nc(C)c1CNC(=O)c1ccc2c(c1)[C@H](C)c1cc(N(C)c3cccc(F)c3)ccc1[C@@H]2O. The second-order valence-electron chi connectivity index (χ2n) is 9.93. The summed E-state index contributed by atoms with van der Waals surface area (Å²) in [6.45, 7) is 6.25. The number of benzene rings is 3. The van der Waals surface area contributed by atoms with E-state index in [4.69, 9.17) is 5.73 Å². The first-order chi connectivity index (χ1) is 18.1. The zero-order valence-corrected chi connectivity index (χ0v) is 21.9. The molecule has 0 aliphatic heterocycles. The lowest BCUT2D eigenvalue weighted by Gasteiger charge is -2.32. The highest BCUT2D eigenvalue weighted by Crippen LogP contribution is 2.44. The van der Waals surface area contributed by atoms with Gasteiger partial charge in [-0.25, -0.2) is 9.37 Å². The van der Waals surface area contributed by atoms with Gasteiger partial charge in [-0.15, -0.1) is 0 Å². The lowest BCUT2D eigenvalue weighted by Crippen LogP contribution is -2.25. The highest BCUT2D eigenvalue weighted by Gasteiger charge is 2.30. The fraction of sp³-hybridized carbons (Fsp3) is 0.226. The Labute approximate surface area is 222 Å². The molecule has 6 nitrogen and oxygen atoms in total. The first-order valence-corrected chi connectivity index (χ1v) is 12.6. The van der Waals surface area contributed by atoms with Crippen LogP contribution in [0, 0.1) is 19.7 Å². The number of nitrogen functional groups attached to an aromatic ring is 1. The van der Waals surface area contributed by atoms with Crippen LogP contribution >= 0.6 is 0 Å². The third-order valence-electron chi connectivity index (χ3n) is 7.52. The predicted octanol–water partition coefficient (Wildman–Crippen LogP) is 5.66. The van der Waals surface area contributed by atoms with Crippen LogP contribution in [-0.2, 0) is 6.54 Å². The second-order valence-corrected chi connectivity index (χ2v) is 9.93. The van der Waals surface area contributed by atoms with Gasteiger partial charge in [0.2, 0.25) is 0 Å². The summed E-state index contributed by atoms with van der Waals surface area (Å²) in [5.74, 6) is -0.0880. The molecule has 0 unspecified atom stereocenters. The number of hydrogen-bond donors (Lipinski definition) is 3. The lowest BCUT2D eigenvalue weighted by molar-refractivity contribution is 0.0950. The second kappa shape index (κ2) is 9.91. The summed E-state index contributed by atoms with van der Waals surface area (Å²) in [5, 5.41) is 14.2. The quantitative estimate of drug-likeness (QED) is 0.322. The number of anilines is 3. The maximum absolute atomic E-state index is 13.8. The minimum absolute atomic E-state index is 0.0530. The van der Waals surface area contributed by atoms with E-state index in [1.807, 2.05) is 62.2 Å². The third-order valence-corrected chi connectivity index (χ3v) is 7.52. The summed E-state index contributed by atoms with van der Waals surface area (Å²) < 4.78 is 13.8. The van der Waals surface area contributed by atoms with Crippen molar-refractivity contribution in [3.63, 3.8) is 0 Å². The third kappa shape index (κ3) is 4.61. The smallest absolute Gasteiger partial charge is 0.251 e. The average molecular weight is 511 g/mol. The number of fused-ring (bicyclic) bond motifs is 2. The van der Waals surface area contributed by atoms with E-state index in [2.05, 4.69) is 17.2 Å². The molecule has 5 rings (SSSR count). The number of pyridine rings is 1. The van der Waals surface area contributed by atoms with Crippen LogP contribution in [0.2, 0.25) is 0 Å². The maximum atomic E-state index is 13.8. The summed E-state index contributed by atoms with van der Waals surface area (Å²) in [6, 6.07) is 19.6. The number of carbonyl (C=O) groups excluding carboxylic acids is 1. The van der Waals surface area contributed by atoms with E-state index >= 15 is 0 Å². The molecule has 4 N–H and O–H groups in total. The van der Waals surface area contributed by atoms with Gasteiger partial charge in [0.05, 0.1) is 0 Å². The number of aryl methyl sites for hydroxylation is 2. The van der Waals surface area contributed by atoms with E-state index in [9.17, 15) is 14.3 Å². The number of aliphatic hydroxyl groups is 1. The minimum Gasteiger partial charge on any atom is -0.384 e. The number of nitrogens with two attached hydrogens (primary N) is 1. The van der Waals surface area contributed by atoms with E-state index in [1.54, 1.807) is 18.2 Å². The van der Waals surface area contributed by atoms with E-state index in [1.165, 1.54) is 12.1 Å². The molecule has 0 fully saturated rings. The molecule has 1 aliphatic carbocycles. The molecule has 1 aliphatic rings. The maximum Gasteiger partial charge on any atom is 0.251 e. The van der Waals surface area contributed by atoms with Crippen molar-refractivity contribution < 1.29 is 14.3 Å². The molecule has 1 aromatic heterocycles. The van der Waals surface area contributed by atoms with Crippen LogP contribution in [0.5, 0.6) is 0 Å². The van der Waals surface area contributed by atoms with Crippen LogP contribution in [0.15, 0.2) is 66.7 Å². The van der Waals surface area contributed by atoms with Crippen LogP contribution in [0.25, 0.3) is 0 Å². The number of nitrogens with one attached hydrogen (secondary N) is 1. The predicted molar refractivity (Wildman–Crippen MR) is 148 cm³/mol. The Hall–Kier alpha value is -4.23. The van der Waals surface area contributed by atoms with Crippen molar-refractivity contribution >= 4 is 23.1 Å². The Morgan fingerprint density at radius 1 is 1.00 bits per heavy atom. The fourth-order valence-electron chi connectivity index (χ4n) is 5.33. The van der Waals surface area contributed by atoms with Crippen LogP contribution in [-0.4, -0.2) is 23.0 Å². The van der Waals surface area contributed by atoms with Gasteiger partial charge in [-0.2, -0.15) is 0 Å². The van der Waals surface area contributed by atoms with Gasteiger partial charge in [-0.05, 0) is 95.8 Å². The molecule has 0 radical (unpaired) electrons. The van der Waals surface area contributed by atoms with Gasteiger partial charge in [0, 0.05) is 42.1 Å². The molecule has 2 atom stereocenters. The number of aliphatic hydroxyl groups excluding tert-OH is 1. The first kappa shape index (κ1) is 25.4. The lowest BCUT2D eigenvalue weighted by atomic mass is 9.76. The first-order valence-electron chi connectivity index (χ1n) is 12.6. The van der Waals surface area contributed by atoms with Gasteiger partial charge in [0.15, 0.2) is 0 Å². The van der Waals surface area contributed by atoms with Crippen molar-refractivity contribution in [2.75, 3.05) is 17.7 Å². The largest absolute Gasteiger partial charge is 0.384 e. The summed E-state index contributed by atoms with van der Waals surface area (Å²) in [5.41, 5.74) is 14.2. The summed E-state index contributed by atoms with van der Waals surface area (Å²) in [7, 11) is 1.89. The monoisotopic (exact) mass is 510 g/mol. The molecule has 194 valence electrons. The van der Waals surface area contributed by atoms with Crippen LogP contribution in [0.3, 0.4) is 0 Å². The number of aromatic nitrogens is 1. The summed E-state index contributed by atoms with van der Waals surface area (Å²) in [6.07, 6.45) is -0.798. The van der Waals surface area contributed by atoms with Crippen molar-refractivity contribution in [1.29, 1.82) is 0 Å². The Kier molecular flexibility index (Phi) is 6.63. The molecule has 0 bridgehead atoms. The normalized spacial score (nSPS) is 15.9. The van der Waals surface area contributed by atoms with Crippen molar-refractivity contribution in [1.82, 2.24) is 10.3 Å². The molecule has 1 amide bonds. The van der Waals surface area contributed by atoms with E-state index in [0.29, 0.717) is 17.9 Å². The molecule has 0 spiro atoms. The molecule has 7 heteroatoms. The molecular weight excluding hydrogens is 479 g/mol.